The van der Waals surface area contributed by atoms with E-state index in [-0.39, 0.29) is 11.7 Å². The smallest absolute Gasteiger partial charge is 0.253 e. The van der Waals surface area contributed by atoms with Crippen molar-refractivity contribution in [3.63, 3.8) is 0 Å². The van der Waals surface area contributed by atoms with Crippen molar-refractivity contribution in [1.29, 1.82) is 0 Å². The molecule has 7 rings (SSSR count). The standard InChI is InChI=1S/C31H32FN3O/c32-25-8-4-5-9-27(25)34-14-16-35(17-15-34)31(36)23-12-13-26-24(19-23)28-21-10-11-22(18-21)29(28)30(33-26)20-6-2-1-3-7-20/h1-9,12-13,19,21-22,28-30,33H,10-11,14-18H2/t21-,22-,28-,29-,30-/m0/s1. The molecule has 1 amide bonds. The minimum absolute atomic E-state index is 0.0934. The van der Waals surface area contributed by atoms with Crippen molar-refractivity contribution in [2.75, 3.05) is 36.4 Å². The van der Waals surface area contributed by atoms with Crippen molar-refractivity contribution < 1.29 is 9.18 Å². The summed E-state index contributed by atoms with van der Waals surface area (Å²) >= 11 is 0. The Morgan fingerprint density at radius 2 is 1.61 bits per heavy atom. The molecule has 3 aromatic rings. The Balaban J connectivity index is 1.14. The molecule has 184 valence electrons. The number of hydrogen-bond donors (Lipinski definition) is 1. The van der Waals surface area contributed by atoms with Gasteiger partial charge < -0.3 is 15.1 Å². The van der Waals surface area contributed by atoms with E-state index < -0.39 is 0 Å². The van der Waals surface area contributed by atoms with Crippen LogP contribution in [0, 0.1) is 23.6 Å². The maximum atomic E-state index is 14.2. The third-order valence-electron chi connectivity index (χ3n) is 9.25. The molecule has 1 saturated heterocycles. The predicted octanol–water partition coefficient (Wildman–Crippen LogP) is 6.08. The molecular weight excluding hydrogens is 449 g/mol. The number of hydrogen-bond acceptors (Lipinski definition) is 3. The summed E-state index contributed by atoms with van der Waals surface area (Å²) in [6.07, 6.45) is 3.95. The molecule has 5 heteroatoms. The summed E-state index contributed by atoms with van der Waals surface area (Å²) in [5, 5.41) is 3.88. The van der Waals surface area contributed by atoms with Gasteiger partial charge in [0.2, 0.25) is 0 Å². The zero-order chi connectivity index (χ0) is 24.2. The first-order valence-corrected chi connectivity index (χ1v) is 13.4. The van der Waals surface area contributed by atoms with Crippen LogP contribution in [0.25, 0.3) is 0 Å². The molecule has 0 spiro atoms. The van der Waals surface area contributed by atoms with Gasteiger partial charge in [-0.1, -0.05) is 42.5 Å². The molecule has 36 heavy (non-hydrogen) atoms. The second kappa shape index (κ2) is 8.65. The fourth-order valence-electron chi connectivity index (χ4n) is 7.65. The van der Waals surface area contributed by atoms with Gasteiger partial charge in [0.15, 0.2) is 0 Å². The lowest BCUT2D eigenvalue weighted by atomic mass is 9.68. The van der Waals surface area contributed by atoms with Gasteiger partial charge in [0.1, 0.15) is 5.82 Å². The van der Waals surface area contributed by atoms with Gasteiger partial charge in [-0.2, -0.15) is 0 Å². The largest absolute Gasteiger partial charge is 0.378 e. The van der Waals surface area contributed by atoms with Crippen molar-refractivity contribution in [3.05, 3.63) is 95.3 Å². The van der Waals surface area contributed by atoms with Crippen LogP contribution in [0.3, 0.4) is 0 Å². The summed E-state index contributed by atoms with van der Waals surface area (Å²) in [6, 6.07) is 24.4. The molecule has 0 unspecified atom stereocenters. The molecule has 0 radical (unpaired) electrons. The summed E-state index contributed by atoms with van der Waals surface area (Å²) in [6.45, 7) is 2.50. The minimum Gasteiger partial charge on any atom is -0.378 e. The van der Waals surface area contributed by atoms with Gasteiger partial charge in [-0.15, -0.1) is 0 Å². The summed E-state index contributed by atoms with van der Waals surface area (Å²) in [5.41, 5.74) is 5.32. The predicted molar refractivity (Wildman–Crippen MR) is 141 cm³/mol. The van der Waals surface area contributed by atoms with Gasteiger partial charge in [0, 0.05) is 37.4 Å². The third-order valence-corrected chi connectivity index (χ3v) is 9.25. The van der Waals surface area contributed by atoms with Crippen LogP contribution >= 0.6 is 0 Å². The van der Waals surface area contributed by atoms with E-state index in [0.29, 0.717) is 49.7 Å². The molecule has 4 aliphatic rings. The average molecular weight is 482 g/mol. The number of piperazine rings is 1. The number of carbonyl (C=O) groups excluding carboxylic acids is 1. The van der Waals surface area contributed by atoms with Gasteiger partial charge in [0.25, 0.3) is 5.91 Å². The highest BCUT2D eigenvalue weighted by molar-refractivity contribution is 5.95. The fourth-order valence-corrected chi connectivity index (χ4v) is 7.65. The normalized spacial score (nSPS) is 28.4. The number of benzene rings is 3. The zero-order valence-corrected chi connectivity index (χ0v) is 20.4. The SMILES string of the molecule is O=C(c1ccc2c(c1)[C@@H]1[C@H]3CC[C@@H](C3)[C@@H]1[C@H](c1ccccc1)N2)N1CCN(c2ccccc2F)CC1. The zero-order valence-electron chi connectivity index (χ0n) is 20.4. The molecule has 2 saturated carbocycles. The molecule has 2 aliphatic heterocycles. The first kappa shape index (κ1) is 21.9. The molecule has 2 bridgehead atoms. The quantitative estimate of drug-likeness (QED) is 0.492. The second-order valence-electron chi connectivity index (χ2n) is 11.0. The number of anilines is 2. The van der Waals surface area contributed by atoms with E-state index in [1.54, 1.807) is 6.07 Å². The number of amides is 1. The Bertz CT molecular complexity index is 1290. The van der Waals surface area contributed by atoms with Gasteiger partial charge in [-0.3, -0.25) is 4.79 Å². The highest BCUT2D eigenvalue weighted by atomic mass is 19.1. The number of fused-ring (bicyclic) bond motifs is 7. The molecule has 3 aromatic carbocycles. The summed E-state index contributed by atoms with van der Waals surface area (Å²) in [4.78, 5) is 17.5. The lowest BCUT2D eigenvalue weighted by Gasteiger charge is -2.44. The van der Waals surface area contributed by atoms with E-state index in [4.69, 9.17) is 0 Å². The van der Waals surface area contributed by atoms with Crippen molar-refractivity contribution >= 4 is 17.3 Å². The topological polar surface area (TPSA) is 35.6 Å². The Kier molecular flexibility index (Phi) is 5.26. The van der Waals surface area contributed by atoms with E-state index in [2.05, 4.69) is 47.8 Å². The number of rotatable bonds is 3. The summed E-state index contributed by atoms with van der Waals surface area (Å²) < 4.78 is 14.2. The lowest BCUT2D eigenvalue weighted by Crippen LogP contribution is -2.49. The van der Waals surface area contributed by atoms with E-state index in [9.17, 15) is 9.18 Å². The van der Waals surface area contributed by atoms with Crippen molar-refractivity contribution in [1.82, 2.24) is 4.90 Å². The van der Waals surface area contributed by atoms with Crippen LogP contribution in [0.4, 0.5) is 15.8 Å². The Hall–Kier alpha value is -3.34. The second-order valence-corrected chi connectivity index (χ2v) is 11.0. The monoisotopic (exact) mass is 481 g/mol. The number of carbonyl (C=O) groups is 1. The maximum Gasteiger partial charge on any atom is 0.253 e. The Morgan fingerprint density at radius 1 is 0.861 bits per heavy atom. The first-order valence-electron chi connectivity index (χ1n) is 13.4. The third kappa shape index (κ3) is 3.51. The Labute approximate surface area is 212 Å². The maximum absolute atomic E-state index is 14.2. The number of nitrogens with one attached hydrogen (secondary N) is 1. The number of para-hydroxylation sites is 1. The average Bonchev–Trinajstić information content (AvgIpc) is 3.56. The van der Waals surface area contributed by atoms with Crippen LogP contribution in [-0.2, 0) is 0 Å². The van der Waals surface area contributed by atoms with E-state index >= 15 is 0 Å². The minimum atomic E-state index is -0.200. The Morgan fingerprint density at radius 3 is 2.42 bits per heavy atom. The van der Waals surface area contributed by atoms with E-state index in [0.717, 1.165) is 17.4 Å². The fraction of sp³-hybridized carbons (Fsp3) is 0.387. The number of halogens is 1. The van der Waals surface area contributed by atoms with E-state index in [1.165, 1.54) is 42.1 Å². The highest BCUT2D eigenvalue weighted by Crippen LogP contribution is 2.63. The molecule has 2 heterocycles. The summed E-state index contributed by atoms with van der Waals surface area (Å²) in [7, 11) is 0. The van der Waals surface area contributed by atoms with Crippen molar-refractivity contribution in [2.45, 2.75) is 31.2 Å². The molecule has 3 fully saturated rings. The molecule has 4 nitrogen and oxygen atoms in total. The first-order chi connectivity index (χ1) is 17.7. The molecule has 1 N–H and O–H groups in total. The van der Waals surface area contributed by atoms with Crippen LogP contribution in [-0.4, -0.2) is 37.0 Å². The van der Waals surface area contributed by atoms with Gasteiger partial charge in [-0.25, -0.2) is 4.39 Å². The van der Waals surface area contributed by atoms with Gasteiger partial charge in [0.05, 0.1) is 11.7 Å². The molecular formula is C31H32FN3O. The summed E-state index contributed by atoms with van der Waals surface area (Å²) in [5.74, 6) is 2.49. The van der Waals surface area contributed by atoms with Gasteiger partial charge >= 0.3 is 0 Å². The lowest BCUT2D eigenvalue weighted by molar-refractivity contribution is 0.0746. The molecule has 2 aliphatic carbocycles. The van der Waals surface area contributed by atoms with Gasteiger partial charge in [-0.05, 0) is 84.4 Å². The van der Waals surface area contributed by atoms with Crippen LogP contribution in [0.2, 0.25) is 0 Å². The van der Waals surface area contributed by atoms with Crippen LogP contribution in [0.15, 0.2) is 72.8 Å². The van der Waals surface area contributed by atoms with Crippen molar-refractivity contribution in [3.8, 4) is 0 Å². The van der Waals surface area contributed by atoms with Crippen LogP contribution < -0.4 is 10.2 Å². The van der Waals surface area contributed by atoms with E-state index in [1.807, 2.05) is 28.0 Å². The highest BCUT2D eigenvalue weighted by Gasteiger charge is 2.53. The van der Waals surface area contributed by atoms with Crippen LogP contribution in [0.1, 0.15) is 52.7 Å². The van der Waals surface area contributed by atoms with Crippen LogP contribution in [0.5, 0.6) is 0 Å². The van der Waals surface area contributed by atoms with Crippen molar-refractivity contribution in [2.24, 2.45) is 17.8 Å². The molecule has 5 atom stereocenters. The number of nitrogens with zero attached hydrogens (tertiary/aromatic N) is 2. The molecule has 0 aromatic heterocycles.